The van der Waals surface area contributed by atoms with Gasteiger partial charge in [0.2, 0.25) is 5.91 Å². The van der Waals surface area contributed by atoms with Crippen molar-refractivity contribution in [3.63, 3.8) is 0 Å². The SMILES string of the molecule is CCC(C)C(NC(=O)OC(C)(C)C)C(=O)N(CC#N)C(C(=O)Nc1ccc(OC)cc1)c1ccc(C)cc1. The average Bonchev–Trinajstić information content (AvgIpc) is 2.86. The largest absolute Gasteiger partial charge is 0.497 e. The highest BCUT2D eigenvalue weighted by Gasteiger charge is 2.38. The summed E-state index contributed by atoms with van der Waals surface area (Å²) in [4.78, 5) is 41.5. The number of methoxy groups -OCH3 is 1. The van der Waals surface area contributed by atoms with Crippen LogP contribution in [0, 0.1) is 24.2 Å². The van der Waals surface area contributed by atoms with E-state index in [2.05, 4.69) is 10.6 Å². The van der Waals surface area contributed by atoms with E-state index < -0.39 is 35.6 Å². The molecule has 2 aromatic rings. The standard InChI is InChI=1S/C29H38N4O5/c1-8-20(3)24(32-28(36)38-29(4,5)6)27(35)33(18-17-30)25(21-11-9-19(2)10-12-21)26(34)31-22-13-15-23(37-7)16-14-22/h9-16,20,24-25H,8,18H2,1-7H3,(H,31,34)(H,32,36). The van der Waals surface area contributed by atoms with Gasteiger partial charge < -0.3 is 25.0 Å². The number of carbonyl (C=O) groups is 3. The number of anilines is 1. The predicted octanol–water partition coefficient (Wildman–Crippen LogP) is 4.98. The molecule has 0 aliphatic rings. The lowest BCUT2D eigenvalue weighted by Gasteiger charge is -2.34. The van der Waals surface area contributed by atoms with Gasteiger partial charge in [0.15, 0.2) is 0 Å². The number of ether oxygens (including phenoxy) is 2. The Labute approximate surface area is 225 Å². The molecule has 2 aromatic carbocycles. The molecule has 9 nitrogen and oxygen atoms in total. The molecule has 0 aromatic heterocycles. The quantitative estimate of drug-likeness (QED) is 0.425. The van der Waals surface area contributed by atoms with Gasteiger partial charge >= 0.3 is 6.09 Å². The van der Waals surface area contributed by atoms with Gasteiger partial charge in [0.05, 0.1) is 13.2 Å². The maximum absolute atomic E-state index is 14.0. The van der Waals surface area contributed by atoms with Gasteiger partial charge in [-0.1, -0.05) is 50.1 Å². The van der Waals surface area contributed by atoms with Crippen molar-refractivity contribution in [1.29, 1.82) is 5.26 Å². The van der Waals surface area contributed by atoms with Crippen LogP contribution in [0.3, 0.4) is 0 Å². The van der Waals surface area contributed by atoms with Crippen LogP contribution in [0.5, 0.6) is 5.75 Å². The van der Waals surface area contributed by atoms with Gasteiger partial charge in [0.25, 0.3) is 5.91 Å². The molecule has 38 heavy (non-hydrogen) atoms. The molecule has 2 N–H and O–H groups in total. The van der Waals surface area contributed by atoms with Crippen molar-refractivity contribution in [2.45, 2.75) is 65.6 Å². The Kier molecular flexibility index (Phi) is 10.7. The Morgan fingerprint density at radius 1 is 1.05 bits per heavy atom. The van der Waals surface area contributed by atoms with Crippen LogP contribution in [-0.2, 0) is 14.3 Å². The first-order valence-electron chi connectivity index (χ1n) is 12.6. The molecule has 3 unspecified atom stereocenters. The van der Waals surface area contributed by atoms with Crippen LogP contribution in [0.1, 0.15) is 58.2 Å². The van der Waals surface area contributed by atoms with Crippen molar-refractivity contribution in [1.82, 2.24) is 10.2 Å². The van der Waals surface area contributed by atoms with Gasteiger partial charge in [-0.3, -0.25) is 9.59 Å². The third-order valence-electron chi connectivity index (χ3n) is 5.99. The average molecular weight is 523 g/mol. The summed E-state index contributed by atoms with van der Waals surface area (Å²) < 4.78 is 10.6. The van der Waals surface area contributed by atoms with E-state index in [0.717, 1.165) is 5.56 Å². The molecule has 0 spiro atoms. The first kappa shape index (κ1) is 30.2. The van der Waals surface area contributed by atoms with Crippen molar-refractivity contribution < 1.29 is 23.9 Å². The summed E-state index contributed by atoms with van der Waals surface area (Å²) in [5.41, 5.74) is 1.25. The number of hydrogen-bond acceptors (Lipinski definition) is 6. The summed E-state index contributed by atoms with van der Waals surface area (Å²) in [7, 11) is 1.55. The monoisotopic (exact) mass is 522 g/mol. The van der Waals surface area contributed by atoms with E-state index in [1.54, 1.807) is 64.3 Å². The molecule has 0 heterocycles. The van der Waals surface area contributed by atoms with Crippen LogP contribution in [0.25, 0.3) is 0 Å². The summed E-state index contributed by atoms with van der Waals surface area (Å²) in [5.74, 6) is -0.714. The normalized spacial score (nSPS) is 13.3. The zero-order valence-corrected chi connectivity index (χ0v) is 23.2. The number of aryl methyl sites for hydroxylation is 1. The predicted molar refractivity (Wildman–Crippen MR) is 145 cm³/mol. The lowest BCUT2D eigenvalue weighted by atomic mass is 9.95. The maximum Gasteiger partial charge on any atom is 0.408 e. The van der Waals surface area contributed by atoms with Gasteiger partial charge in [0.1, 0.15) is 30.0 Å². The fourth-order valence-corrected chi connectivity index (χ4v) is 3.78. The van der Waals surface area contributed by atoms with Crippen LogP contribution >= 0.6 is 0 Å². The molecule has 0 aliphatic heterocycles. The topological polar surface area (TPSA) is 121 Å². The van der Waals surface area contributed by atoms with Gasteiger partial charge in [0, 0.05) is 5.69 Å². The molecule has 0 radical (unpaired) electrons. The number of hydrogen-bond donors (Lipinski definition) is 2. The number of nitrogens with one attached hydrogen (secondary N) is 2. The van der Waals surface area contributed by atoms with E-state index in [0.29, 0.717) is 23.4 Å². The second-order valence-corrected chi connectivity index (χ2v) is 10.2. The van der Waals surface area contributed by atoms with Crippen molar-refractivity contribution in [2.75, 3.05) is 19.0 Å². The fourth-order valence-electron chi connectivity index (χ4n) is 3.78. The minimum absolute atomic E-state index is 0.292. The van der Waals surface area contributed by atoms with Crippen LogP contribution < -0.4 is 15.4 Å². The number of alkyl carbamates (subject to hydrolysis) is 1. The molecule has 9 heteroatoms. The Morgan fingerprint density at radius 3 is 2.16 bits per heavy atom. The van der Waals surface area contributed by atoms with Gasteiger partial charge in [-0.15, -0.1) is 0 Å². The molecule has 3 amide bonds. The summed E-state index contributed by atoms with van der Waals surface area (Å²) >= 11 is 0. The summed E-state index contributed by atoms with van der Waals surface area (Å²) in [6, 6.07) is 13.8. The number of benzene rings is 2. The number of carbonyl (C=O) groups excluding carboxylic acids is 3. The minimum atomic E-state index is -1.13. The van der Waals surface area contributed by atoms with Gasteiger partial charge in [-0.05, 0) is 63.4 Å². The zero-order chi connectivity index (χ0) is 28.5. The molecule has 2 rings (SSSR count). The highest BCUT2D eigenvalue weighted by molar-refractivity contribution is 5.99. The Hall–Kier alpha value is -4.06. The van der Waals surface area contributed by atoms with Crippen LogP contribution in [-0.4, -0.2) is 48.1 Å². The van der Waals surface area contributed by atoms with Gasteiger partial charge in [-0.2, -0.15) is 5.26 Å². The first-order valence-corrected chi connectivity index (χ1v) is 12.6. The lowest BCUT2D eigenvalue weighted by Crippen LogP contribution is -2.54. The van der Waals surface area contributed by atoms with Crippen LogP contribution in [0.15, 0.2) is 48.5 Å². The number of rotatable bonds is 10. The summed E-state index contributed by atoms with van der Waals surface area (Å²) in [6.45, 7) is 10.4. The third-order valence-corrected chi connectivity index (χ3v) is 5.99. The van der Waals surface area contributed by atoms with E-state index in [1.165, 1.54) is 4.90 Å². The molecular weight excluding hydrogens is 484 g/mol. The smallest absolute Gasteiger partial charge is 0.408 e. The van der Waals surface area contributed by atoms with E-state index in [1.807, 2.05) is 39.0 Å². The highest BCUT2D eigenvalue weighted by Crippen LogP contribution is 2.27. The van der Waals surface area contributed by atoms with Crippen molar-refractivity contribution in [3.05, 3.63) is 59.7 Å². The molecule has 3 atom stereocenters. The van der Waals surface area contributed by atoms with Crippen molar-refractivity contribution >= 4 is 23.6 Å². The highest BCUT2D eigenvalue weighted by atomic mass is 16.6. The van der Waals surface area contributed by atoms with Crippen LogP contribution in [0.2, 0.25) is 0 Å². The Bertz CT molecular complexity index is 1130. The van der Waals surface area contributed by atoms with Gasteiger partial charge in [-0.25, -0.2) is 4.79 Å². The molecule has 0 aliphatic carbocycles. The van der Waals surface area contributed by atoms with Crippen molar-refractivity contribution in [2.24, 2.45) is 5.92 Å². The summed E-state index contributed by atoms with van der Waals surface area (Å²) in [6.07, 6.45) is -0.178. The zero-order valence-electron chi connectivity index (χ0n) is 23.2. The number of amides is 3. The number of nitrogens with zero attached hydrogens (tertiary/aromatic N) is 2. The van der Waals surface area contributed by atoms with E-state index in [-0.39, 0.29) is 12.5 Å². The van der Waals surface area contributed by atoms with Crippen LogP contribution in [0.4, 0.5) is 10.5 Å². The Balaban J connectivity index is 2.49. The molecule has 0 saturated heterocycles. The fraction of sp³-hybridized carbons (Fsp3) is 0.448. The molecule has 0 bridgehead atoms. The molecule has 0 saturated carbocycles. The lowest BCUT2D eigenvalue weighted by molar-refractivity contribution is -0.141. The maximum atomic E-state index is 14.0. The van der Waals surface area contributed by atoms with E-state index >= 15 is 0 Å². The first-order chi connectivity index (χ1) is 17.9. The van der Waals surface area contributed by atoms with E-state index in [4.69, 9.17) is 9.47 Å². The second-order valence-electron chi connectivity index (χ2n) is 10.2. The van der Waals surface area contributed by atoms with Crippen molar-refractivity contribution in [3.8, 4) is 11.8 Å². The number of nitriles is 1. The summed E-state index contributed by atoms with van der Waals surface area (Å²) in [5, 5.41) is 15.2. The second kappa shape index (κ2) is 13.5. The van der Waals surface area contributed by atoms with E-state index in [9.17, 15) is 19.6 Å². The molecular formula is C29H38N4O5. The minimum Gasteiger partial charge on any atom is -0.497 e. The molecule has 204 valence electrons. The third kappa shape index (κ3) is 8.51. The Morgan fingerprint density at radius 2 is 1.66 bits per heavy atom. The molecule has 0 fully saturated rings.